The smallest absolute Gasteiger partial charge is 0.253 e. The number of hydrogen-bond acceptors (Lipinski definition) is 5. The van der Waals surface area contributed by atoms with E-state index < -0.39 is 0 Å². The second kappa shape index (κ2) is 4.75. The number of nitrogens with zero attached hydrogens (tertiary/aromatic N) is 4. The zero-order valence-corrected chi connectivity index (χ0v) is 11.9. The van der Waals surface area contributed by atoms with Crippen molar-refractivity contribution in [3.63, 3.8) is 0 Å². The normalized spacial score (nSPS) is 11.2. The third kappa shape index (κ3) is 2.05. The van der Waals surface area contributed by atoms with E-state index in [1.807, 2.05) is 18.2 Å². The lowest BCUT2D eigenvalue weighted by molar-refractivity contribution is 0.178. The monoisotopic (exact) mass is 324 g/mol. The van der Waals surface area contributed by atoms with Gasteiger partial charge >= 0.3 is 0 Å². The Hall–Kier alpha value is -1.31. The van der Waals surface area contributed by atoms with E-state index >= 15 is 0 Å². The van der Waals surface area contributed by atoms with Crippen LogP contribution in [0.25, 0.3) is 16.3 Å². The molecule has 0 radical (unpaired) electrons. The van der Waals surface area contributed by atoms with Crippen LogP contribution in [-0.2, 0) is 11.3 Å². The zero-order valence-electron chi connectivity index (χ0n) is 9.50. The molecule has 0 aliphatic rings. The molecule has 0 amide bonds. The molecule has 0 atom stereocenters. The topological polar surface area (TPSA) is 52.3 Å². The van der Waals surface area contributed by atoms with E-state index in [4.69, 9.17) is 4.74 Å². The summed E-state index contributed by atoms with van der Waals surface area (Å²) >= 11 is 5.11. The van der Waals surface area contributed by atoms with Gasteiger partial charge < -0.3 is 4.74 Å². The van der Waals surface area contributed by atoms with Crippen LogP contribution < -0.4 is 0 Å². The summed E-state index contributed by atoms with van der Waals surface area (Å²) in [6, 6.07) is 5.98. The Balaban J connectivity index is 2.17. The number of thiophene rings is 1. The number of fused-ring (bicyclic) bond motifs is 1. The van der Waals surface area contributed by atoms with Crippen molar-refractivity contribution in [3.8, 4) is 10.6 Å². The maximum absolute atomic E-state index is 5.04. The van der Waals surface area contributed by atoms with Crippen molar-refractivity contribution in [2.45, 2.75) is 6.61 Å². The average Bonchev–Trinajstić information content (AvgIpc) is 2.94. The molecular formula is C11H9BrN4OS. The van der Waals surface area contributed by atoms with Crippen LogP contribution in [0.3, 0.4) is 0 Å². The number of methoxy groups -OCH3 is 1. The molecule has 3 heterocycles. The van der Waals surface area contributed by atoms with Crippen LogP contribution in [0.5, 0.6) is 0 Å². The minimum Gasteiger partial charge on any atom is -0.377 e. The average molecular weight is 325 g/mol. The fraction of sp³-hybridized carbons (Fsp3) is 0.182. The Morgan fingerprint density at radius 1 is 1.39 bits per heavy atom. The molecule has 0 spiro atoms. The van der Waals surface area contributed by atoms with Gasteiger partial charge in [0.25, 0.3) is 5.78 Å². The van der Waals surface area contributed by atoms with E-state index in [-0.39, 0.29) is 0 Å². The van der Waals surface area contributed by atoms with Gasteiger partial charge in [-0.15, -0.1) is 16.4 Å². The molecular weight excluding hydrogens is 316 g/mol. The van der Waals surface area contributed by atoms with Crippen molar-refractivity contribution in [3.05, 3.63) is 34.0 Å². The summed E-state index contributed by atoms with van der Waals surface area (Å²) in [4.78, 5) is 9.62. The molecule has 5 nitrogen and oxygen atoms in total. The standard InChI is InChI=1S/C11H9BrN4OS/c1-17-6-10-14-11-13-5-4-7(16(11)15-10)8-2-3-9(12)18-8/h2-5H,6H2,1H3. The van der Waals surface area contributed by atoms with E-state index in [0.29, 0.717) is 18.2 Å². The molecule has 3 rings (SSSR count). The van der Waals surface area contributed by atoms with Crippen LogP contribution in [-0.4, -0.2) is 26.7 Å². The molecule has 3 aromatic heterocycles. The fourth-order valence-electron chi connectivity index (χ4n) is 1.66. The SMILES string of the molecule is COCc1nc2nccc(-c3ccc(Br)s3)n2n1. The Morgan fingerprint density at radius 2 is 2.28 bits per heavy atom. The molecule has 0 fully saturated rings. The second-order valence-electron chi connectivity index (χ2n) is 3.61. The number of hydrogen-bond donors (Lipinski definition) is 0. The van der Waals surface area contributed by atoms with Crippen LogP contribution in [0.2, 0.25) is 0 Å². The number of halogens is 1. The van der Waals surface area contributed by atoms with Gasteiger partial charge in [-0.05, 0) is 34.1 Å². The van der Waals surface area contributed by atoms with Crippen molar-refractivity contribution in [2.75, 3.05) is 7.11 Å². The summed E-state index contributed by atoms with van der Waals surface area (Å²) in [5.74, 6) is 1.22. The third-order valence-corrected chi connectivity index (χ3v) is 4.03. The second-order valence-corrected chi connectivity index (χ2v) is 6.07. The van der Waals surface area contributed by atoms with Gasteiger partial charge in [0, 0.05) is 13.3 Å². The lowest BCUT2D eigenvalue weighted by Gasteiger charge is -1.99. The summed E-state index contributed by atoms with van der Waals surface area (Å²) in [6.45, 7) is 0.386. The lowest BCUT2D eigenvalue weighted by atomic mass is 10.3. The first-order valence-corrected chi connectivity index (χ1v) is 6.84. The summed E-state index contributed by atoms with van der Waals surface area (Å²) in [5, 5.41) is 4.40. The van der Waals surface area contributed by atoms with Crippen molar-refractivity contribution in [2.24, 2.45) is 0 Å². The van der Waals surface area contributed by atoms with Gasteiger partial charge in [0.05, 0.1) is 14.4 Å². The van der Waals surface area contributed by atoms with Crippen molar-refractivity contribution < 1.29 is 4.74 Å². The van der Waals surface area contributed by atoms with E-state index in [0.717, 1.165) is 14.4 Å². The van der Waals surface area contributed by atoms with Gasteiger partial charge in [0.2, 0.25) is 0 Å². The molecule has 0 unspecified atom stereocenters. The predicted octanol–water partition coefficient (Wildman–Crippen LogP) is 2.76. The van der Waals surface area contributed by atoms with Gasteiger partial charge in [-0.2, -0.15) is 9.50 Å². The number of rotatable bonds is 3. The molecule has 0 aliphatic carbocycles. The summed E-state index contributed by atoms with van der Waals surface area (Å²) in [6.07, 6.45) is 1.74. The molecule has 7 heteroatoms. The highest BCUT2D eigenvalue weighted by molar-refractivity contribution is 9.11. The van der Waals surface area contributed by atoms with Crippen LogP contribution in [0, 0.1) is 0 Å². The summed E-state index contributed by atoms with van der Waals surface area (Å²) < 4.78 is 7.86. The van der Waals surface area contributed by atoms with E-state index in [9.17, 15) is 0 Å². The molecule has 0 aliphatic heterocycles. The van der Waals surface area contributed by atoms with Gasteiger partial charge in [-0.3, -0.25) is 0 Å². The molecule has 18 heavy (non-hydrogen) atoms. The highest BCUT2D eigenvalue weighted by Gasteiger charge is 2.10. The van der Waals surface area contributed by atoms with Crippen LogP contribution in [0.15, 0.2) is 28.2 Å². The first-order chi connectivity index (χ1) is 8.78. The lowest BCUT2D eigenvalue weighted by Crippen LogP contribution is -1.95. The highest BCUT2D eigenvalue weighted by Crippen LogP contribution is 2.30. The highest BCUT2D eigenvalue weighted by atomic mass is 79.9. The Morgan fingerprint density at radius 3 is 3.00 bits per heavy atom. The Bertz CT molecular complexity index is 693. The first-order valence-electron chi connectivity index (χ1n) is 5.23. The predicted molar refractivity (Wildman–Crippen MR) is 72.5 cm³/mol. The van der Waals surface area contributed by atoms with Crippen LogP contribution in [0.4, 0.5) is 0 Å². The quantitative estimate of drug-likeness (QED) is 0.743. The van der Waals surface area contributed by atoms with Crippen LogP contribution >= 0.6 is 27.3 Å². The van der Waals surface area contributed by atoms with Crippen molar-refractivity contribution in [1.29, 1.82) is 0 Å². The van der Waals surface area contributed by atoms with Crippen molar-refractivity contribution in [1.82, 2.24) is 19.6 Å². The fourth-order valence-corrected chi connectivity index (χ4v) is 3.06. The molecule has 0 saturated carbocycles. The minimum atomic E-state index is 0.386. The number of ether oxygens (including phenoxy) is 1. The molecule has 0 aromatic carbocycles. The summed E-state index contributed by atoms with van der Waals surface area (Å²) in [5.41, 5.74) is 0.977. The molecule has 3 aromatic rings. The molecule has 0 saturated heterocycles. The largest absolute Gasteiger partial charge is 0.377 e. The van der Waals surface area contributed by atoms with E-state index in [1.165, 1.54) is 0 Å². The van der Waals surface area contributed by atoms with Gasteiger partial charge in [0.15, 0.2) is 5.82 Å². The molecule has 0 bridgehead atoms. The summed E-state index contributed by atoms with van der Waals surface area (Å²) in [7, 11) is 1.62. The van der Waals surface area contributed by atoms with Crippen LogP contribution in [0.1, 0.15) is 5.82 Å². The maximum atomic E-state index is 5.04. The van der Waals surface area contributed by atoms with E-state index in [1.54, 1.807) is 29.2 Å². The maximum Gasteiger partial charge on any atom is 0.253 e. The molecule has 0 N–H and O–H groups in total. The Labute approximate surface area is 116 Å². The first kappa shape index (κ1) is 11.8. The number of aromatic nitrogens is 4. The van der Waals surface area contributed by atoms with Gasteiger partial charge in [0.1, 0.15) is 6.61 Å². The molecule has 92 valence electrons. The van der Waals surface area contributed by atoms with Gasteiger partial charge in [-0.1, -0.05) is 0 Å². The minimum absolute atomic E-state index is 0.386. The van der Waals surface area contributed by atoms with Crippen molar-refractivity contribution >= 4 is 33.0 Å². The zero-order chi connectivity index (χ0) is 12.5. The Kier molecular flexibility index (Phi) is 3.11. The van der Waals surface area contributed by atoms with E-state index in [2.05, 4.69) is 31.0 Å². The third-order valence-electron chi connectivity index (χ3n) is 2.38. The van der Waals surface area contributed by atoms with Gasteiger partial charge in [-0.25, -0.2) is 4.98 Å².